The number of nitrogens with one attached hydrogen (secondary N) is 1. The number of carbonyl (C=O) groups excluding carboxylic acids is 1. The van der Waals surface area contributed by atoms with Crippen molar-refractivity contribution < 1.29 is 4.79 Å². The molecule has 0 aliphatic carbocycles. The van der Waals surface area contributed by atoms with Gasteiger partial charge in [-0.05, 0) is 12.1 Å². The highest BCUT2D eigenvalue weighted by Gasteiger charge is 2.35. The molecule has 98 valence electrons. The second-order valence-corrected chi connectivity index (χ2v) is 5.02. The first-order valence-electron chi connectivity index (χ1n) is 6.04. The number of halogens is 1. The maximum atomic E-state index is 11.5. The number of pyridine rings is 1. The summed E-state index contributed by atoms with van der Waals surface area (Å²) in [6.45, 7) is 2.71. The first-order valence-corrected chi connectivity index (χ1v) is 6.42. The molecule has 1 atom stereocenters. The number of fused-ring (bicyclic) bond motifs is 1. The Hall–Kier alpha value is -2.00. The summed E-state index contributed by atoms with van der Waals surface area (Å²) in [6.07, 6.45) is 0. The Morgan fingerprint density at radius 3 is 3.11 bits per heavy atom. The van der Waals surface area contributed by atoms with Crippen LogP contribution in [-0.4, -0.2) is 48.1 Å². The van der Waals surface area contributed by atoms with Crippen LogP contribution in [-0.2, 0) is 0 Å². The van der Waals surface area contributed by atoms with Gasteiger partial charge in [-0.2, -0.15) is 5.26 Å². The Morgan fingerprint density at radius 1 is 1.47 bits per heavy atom. The minimum atomic E-state index is 0.00131. The predicted molar refractivity (Wildman–Crippen MR) is 70.1 cm³/mol. The van der Waals surface area contributed by atoms with Crippen molar-refractivity contribution in [3.05, 3.63) is 22.8 Å². The maximum Gasteiger partial charge on any atom is 0.317 e. The van der Waals surface area contributed by atoms with E-state index in [-0.39, 0.29) is 12.1 Å². The predicted octanol–water partition coefficient (Wildman–Crippen LogP) is 0.820. The van der Waals surface area contributed by atoms with Crippen molar-refractivity contribution in [3.8, 4) is 6.07 Å². The summed E-state index contributed by atoms with van der Waals surface area (Å²) in [7, 11) is 0. The van der Waals surface area contributed by atoms with Gasteiger partial charge in [-0.15, -0.1) is 0 Å². The molecule has 3 heterocycles. The molecule has 0 aromatic carbocycles. The quantitative estimate of drug-likeness (QED) is 0.772. The molecule has 1 aromatic heterocycles. The number of carbonyl (C=O) groups is 1. The lowest BCUT2D eigenvalue weighted by Gasteiger charge is -2.37. The van der Waals surface area contributed by atoms with Crippen LogP contribution in [0.4, 0.5) is 10.6 Å². The molecule has 1 unspecified atom stereocenters. The Bertz CT molecular complexity index is 570. The SMILES string of the molecule is N#Cc1cc(Cl)nc(N2CCN3C(=O)NCC3C2)c1. The summed E-state index contributed by atoms with van der Waals surface area (Å²) < 4.78 is 0. The Morgan fingerprint density at radius 2 is 2.32 bits per heavy atom. The molecule has 6 nitrogen and oxygen atoms in total. The van der Waals surface area contributed by atoms with Crippen LogP contribution in [0.5, 0.6) is 0 Å². The van der Waals surface area contributed by atoms with Crippen molar-refractivity contribution in [1.29, 1.82) is 5.26 Å². The van der Waals surface area contributed by atoms with Gasteiger partial charge in [-0.25, -0.2) is 9.78 Å². The van der Waals surface area contributed by atoms with E-state index in [0.29, 0.717) is 42.7 Å². The van der Waals surface area contributed by atoms with E-state index in [0.717, 1.165) is 0 Å². The summed E-state index contributed by atoms with van der Waals surface area (Å²) in [5.41, 5.74) is 0.498. The van der Waals surface area contributed by atoms with Gasteiger partial charge in [-0.1, -0.05) is 11.6 Å². The molecule has 1 aromatic rings. The van der Waals surface area contributed by atoms with Crippen molar-refractivity contribution >= 4 is 23.4 Å². The number of nitriles is 1. The topological polar surface area (TPSA) is 72.3 Å². The number of hydrogen-bond acceptors (Lipinski definition) is 4. The summed E-state index contributed by atoms with van der Waals surface area (Å²) in [6, 6.07) is 5.51. The van der Waals surface area contributed by atoms with Gasteiger partial charge >= 0.3 is 6.03 Å². The molecule has 0 spiro atoms. The lowest BCUT2D eigenvalue weighted by Crippen LogP contribution is -2.52. The van der Waals surface area contributed by atoms with E-state index >= 15 is 0 Å². The van der Waals surface area contributed by atoms with E-state index in [1.165, 1.54) is 0 Å². The second kappa shape index (κ2) is 4.59. The van der Waals surface area contributed by atoms with Gasteiger partial charge in [0.15, 0.2) is 0 Å². The molecule has 0 saturated carbocycles. The molecule has 7 heteroatoms. The highest BCUT2D eigenvalue weighted by molar-refractivity contribution is 6.29. The van der Waals surface area contributed by atoms with Crippen LogP contribution in [0, 0.1) is 11.3 Å². The molecule has 2 aliphatic rings. The van der Waals surface area contributed by atoms with Crippen molar-refractivity contribution in [3.63, 3.8) is 0 Å². The Labute approximate surface area is 115 Å². The zero-order valence-electron chi connectivity index (χ0n) is 10.1. The third kappa shape index (κ3) is 2.17. The van der Waals surface area contributed by atoms with Gasteiger partial charge in [0, 0.05) is 26.2 Å². The number of amides is 2. The summed E-state index contributed by atoms with van der Waals surface area (Å²) in [4.78, 5) is 19.7. The fourth-order valence-electron chi connectivity index (χ4n) is 2.52. The molecule has 0 bridgehead atoms. The Kier molecular flexibility index (Phi) is 2.91. The fourth-order valence-corrected chi connectivity index (χ4v) is 2.73. The van der Waals surface area contributed by atoms with Gasteiger partial charge < -0.3 is 15.1 Å². The van der Waals surface area contributed by atoms with Crippen LogP contribution in [0.15, 0.2) is 12.1 Å². The third-order valence-electron chi connectivity index (χ3n) is 3.47. The standard InChI is InChI=1S/C12H12ClN5O/c13-10-3-8(5-14)4-11(16-10)17-1-2-18-9(7-17)6-15-12(18)19/h3-4,9H,1-2,6-7H2,(H,15,19). The molecule has 3 rings (SSSR count). The second-order valence-electron chi connectivity index (χ2n) is 4.63. The molecule has 19 heavy (non-hydrogen) atoms. The molecule has 1 N–H and O–H groups in total. The van der Waals surface area contributed by atoms with Gasteiger partial charge in [0.1, 0.15) is 11.0 Å². The van der Waals surface area contributed by atoms with E-state index in [1.807, 2.05) is 4.90 Å². The number of urea groups is 1. The minimum absolute atomic E-state index is 0.00131. The molecule has 0 radical (unpaired) electrons. The first kappa shape index (κ1) is 12.1. The van der Waals surface area contributed by atoms with Gasteiger partial charge in [0.2, 0.25) is 0 Å². The van der Waals surface area contributed by atoms with Crippen LogP contribution in [0.2, 0.25) is 5.15 Å². The normalized spacial score (nSPS) is 21.9. The van der Waals surface area contributed by atoms with Crippen LogP contribution in [0.25, 0.3) is 0 Å². The zero-order valence-corrected chi connectivity index (χ0v) is 10.9. The number of piperazine rings is 1. The number of hydrogen-bond donors (Lipinski definition) is 1. The van der Waals surface area contributed by atoms with Gasteiger partial charge in [0.05, 0.1) is 17.7 Å². The average Bonchev–Trinajstić information content (AvgIpc) is 2.79. The number of nitrogens with zero attached hydrogens (tertiary/aromatic N) is 4. The summed E-state index contributed by atoms with van der Waals surface area (Å²) in [5.74, 6) is 0.697. The van der Waals surface area contributed by atoms with Crippen LogP contribution < -0.4 is 10.2 Å². The maximum absolute atomic E-state index is 11.5. The van der Waals surface area contributed by atoms with E-state index in [1.54, 1.807) is 12.1 Å². The molecule has 2 amide bonds. The molecular weight excluding hydrogens is 266 g/mol. The van der Waals surface area contributed by atoms with Gasteiger partial charge in [-0.3, -0.25) is 0 Å². The average molecular weight is 278 g/mol. The molecule has 2 fully saturated rings. The van der Waals surface area contributed by atoms with Crippen molar-refractivity contribution in [2.75, 3.05) is 31.1 Å². The van der Waals surface area contributed by atoms with Crippen molar-refractivity contribution in [2.45, 2.75) is 6.04 Å². The van der Waals surface area contributed by atoms with E-state index in [2.05, 4.69) is 21.3 Å². The van der Waals surface area contributed by atoms with Crippen molar-refractivity contribution in [2.24, 2.45) is 0 Å². The third-order valence-corrected chi connectivity index (χ3v) is 3.66. The van der Waals surface area contributed by atoms with Gasteiger partial charge in [0.25, 0.3) is 0 Å². The van der Waals surface area contributed by atoms with Crippen LogP contribution in [0.3, 0.4) is 0 Å². The molecular formula is C12H12ClN5O. The summed E-state index contributed by atoms with van der Waals surface area (Å²) in [5, 5.41) is 12.1. The van der Waals surface area contributed by atoms with E-state index < -0.39 is 0 Å². The van der Waals surface area contributed by atoms with E-state index in [4.69, 9.17) is 16.9 Å². The highest BCUT2D eigenvalue weighted by atomic mass is 35.5. The number of anilines is 1. The Balaban J connectivity index is 1.83. The monoisotopic (exact) mass is 277 g/mol. The van der Waals surface area contributed by atoms with Crippen molar-refractivity contribution in [1.82, 2.24) is 15.2 Å². The largest absolute Gasteiger partial charge is 0.353 e. The summed E-state index contributed by atoms with van der Waals surface area (Å²) >= 11 is 5.92. The minimum Gasteiger partial charge on any atom is -0.353 e. The molecule has 2 aliphatic heterocycles. The fraction of sp³-hybridized carbons (Fsp3) is 0.417. The lowest BCUT2D eigenvalue weighted by molar-refractivity contribution is 0.197. The lowest BCUT2D eigenvalue weighted by atomic mass is 10.2. The van der Waals surface area contributed by atoms with E-state index in [9.17, 15) is 4.79 Å². The molecule has 2 saturated heterocycles. The smallest absolute Gasteiger partial charge is 0.317 e. The first-order chi connectivity index (χ1) is 9.17. The number of rotatable bonds is 1. The highest BCUT2D eigenvalue weighted by Crippen LogP contribution is 2.22. The zero-order chi connectivity index (χ0) is 13.4. The van der Waals surface area contributed by atoms with Crippen LogP contribution >= 0.6 is 11.6 Å². The number of aromatic nitrogens is 1. The van der Waals surface area contributed by atoms with Crippen LogP contribution in [0.1, 0.15) is 5.56 Å².